The van der Waals surface area contributed by atoms with Crippen LogP contribution in [-0.4, -0.2) is 25.2 Å². The van der Waals surface area contributed by atoms with Crippen molar-refractivity contribution in [1.29, 1.82) is 0 Å². The first kappa shape index (κ1) is 11.9. The Labute approximate surface area is 97.9 Å². The number of nitrogens with one attached hydrogen (secondary N) is 1. The van der Waals surface area contributed by atoms with Crippen LogP contribution in [0.3, 0.4) is 0 Å². The molecule has 16 heavy (non-hydrogen) atoms. The van der Waals surface area contributed by atoms with E-state index in [-0.39, 0.29) is 12.0 Å². The highest BCUT2D eigenvalue weighted by atomic mass is 16.5. The second-order valence-corrected chi connectivity index (χ2v) is 5.19. The summed E-state index contributed by atoms with van der Waals surface area (Å²) in [6, 6.07) is 0. The number of hydrogen-bond donors (Lipinski definition) is 1. The van der Waals surface area contributed by atoms with Gasteiger partial charge in [-0.1, -0.05) is 19.3 Å². The zero-order chi connectivity index (χ0) is 11.4. The third-order valence-electron chi connectivity index (χ3n) is 3.65. The molecule has 2 rings (SSSR count). The lowest BCUT2D eigenvalue weighted by Crippen LogP contribution is -2.38. The second kappa shape index (κ2) is 5.67. The first-order chi connectivity index (χ1) is 7.79. The molecule has 0 radical (unpaired) electrons. The first-order valence-corrected chi connectivity index (χ1v) is 6.69. The fourth-order valence-electron chi connectivity index (χ4n) is 2.11. The Kier molecular flexibility index (Phi) is 4.22. The lowest BCUT2D eigenvalue weighted by molar-refractivity contribution is -0.134. The second-order valence-electron chi connectivity index (χ2n) is 5.19. The highest BCUT2D eigenvalue weighted by Crippen LogP contribution is 2.33. The molecule has 0 aromatic heterocycles. The van der Waals surface area contributed by atoms with Crippen molar-refractivity contribution in [2.24, 2.45) is 11.8 Å². The fraction of sp³-hybridized carbons (Fsp3) is 0.923. The average Bonchev–Trinajstić information content (AvgIpc) is 2.99. The van der Waals surface area contributed by atoms with E-state index in [4.69, 9.17) is 4.74 Å². The molecule has 0 heterocycles. The number of hydrogen-bond acceptors (Lipinski definition) is 2. The highest BCUT2D eigenvalue weighted by Gasteiger charge is 2.29. The molecule has 3 nitrogen and oxygen atoms in total. The van der Waals surface area contributed by atoms with Gasteiger partial charge in [-0.2, -0.15) is 0 Å². The Morgan fingerprint density at radius 1 is 1.31 bits per heavy atom. The molecule has 2 saturated carbocycles. The van der Waals surface area contributed by atoms with Crippen molar-refractivity contribution in [3.63, 3.8) is 0 Å². The van der Waals surface area contributed by atoms with E-state index in [9.17, 15) is 4.79 Å². The highest BCUT2D eigenvalue weighted by molar-refractivity contribution is 5.80. The van der Waals surface area contributed by atoms with Gasteiger partial charge in [0.25, 0.3) is 0 Å². The minimum Gasteiger partial charge on any atom is -0.368 e. The molecule has 2 fully saturated rings. The minimum absolute atomic E-state index is 0.0926. The summed E-state index contributed by atoms with van der Waals surface area (Å²) in [5, 5.41) is 2.88. The summed E-state index contributed by atoms with van der Waals surface area (Å²) in [7, 11) is 0. The fourth-order valence-corrected chi connectivity index (χ4v) is 2.11. The molecular formula is C13H23NO2. The summed E-state index contributed by atoms with van der Waals surface area (Å²) in [5.74, 6) is 1.56. The molecule has 2 aliphatic rings. The van der Waals surface area contributed by atoms with E-state index in [1.54, 1.807) is 0 Å². The number of carbonyl (C=O) groups is 1. The van der Waals surface area contributed by atoms with Gasteiger partial charge >= 0.3 is 0 Å². The average molecular weight is 225 g/mol. The molecular weight excluding hydrogens is 202 g/mol. The van der Waals surface area contributed by atoms with E-state index in [1.165, 1.54) is 32.1 Å². The van der Waals surface area contributed by atoms with Crippen LogP contribution < -0.4 is 5.32 Å². The van der Waals surface area contributed by atoms with E-state index in [1.807, 2.05) is 6.92 Å². The molecule has 0 aromatic carbocycles. The van der Waals surface area contributed by atoms with E-state index >= 15 is 0 Å². The smallest absolute Gasteiger partial charge is 0.249 e. The van der Waals surface area contributed by atoms with Crippen LogP contribution in [-0.2, 0) is 9.53 Å². The van der Waals surface area contributed by atoms with Gasteiger partial charge in [0.2, 0.25) is 5.91 Å². The number of rotatable bonds is 7. The summed E-state index contributed by atoms with van der Waals surface area (Å²) < 4.78 is 5.77. The standard InChI is InChI=1S/C13H23NO2/c1-2-14-13(15)12(8-10-4-3-5-10)16-9-11-6-7-11/h10-12H,2-9H2,1H3,(H,14,15). The van der Waals surface area contributed by atoms with Crippen molar-refractivity contribution < 1.29 is 9.53 Å². The maximum absolute atomic E-state index is 11.8. The van der Waals surface area contributed by atoms with Crippen molar-refractivity contribution in [1.82, 2.24) is 5.32 Å². The van der Waals surface area contributed by atoms with Gasteiger partial charge in [-0.05, 0) is 38.0 Å². The van der Waals surface area contributed by atoms with E-state index in [0.29, 0.717) is 6.54 Å². The van der Waals surface area contributed by atoms with Gasteiger partial charge in [0.1, 0.15) is 6.10 Å². The summed E-state index contributed by atoms with van der Waals surface area (Å²) in [4.78, 5) is 11.8. The van der Waals surface area contributed by atoms with Gasteiger partial charge in [-0.15, -0.1) is 0 Å². The lowest BCUT2D eigenvalue weighted by atomic mass is 9.81. The Balaban J connectivity index is 1.75. The van der Waals surface area contributed by atoms with Gasteiger partial charge < -0.3 is 10.1 Å². The van der Waals surface area contributed by atoms with Crippen LogP contribution in [0.5, 0.6) is 0 Å². The Morgan fingerprint density at radius 3 is 2.56 bits per heavy atom. The zero-order valence-corrected chi connectivity index (χ0v) is 10.2. The zero-order valence-electron chi connectivity index (χ0n) is 10.2. The van der Waals surface area contributed by atoms with Gasteiger partial charge in [0, 0.05) is 6.54 Å². The number of ether oxygens (including phenoxy) is 1. The summed E-state index contributed by atoms with van der Waals surface area (Å²) in [6.45, 7) is 3.44. The maximum atomic E-state index is 11.8. The molecule has 2 aliphatic carbocycles. The third kappa shape index (κ3) is 3.48. The molecule has 0 saturated heterocycles. The maximum Gasteiger partial charge on any atom is 0.249 e. The quantitative estimate of drug-likeness (QED) is 0.720. The van der Waals surface area contributed by atoms with Crippen molar-refractivity contribution in [2.75, 3.05) is 13.2 Å². The minimum atomic E-state index is -0.189. The molecule has 1 N–H and O–H groups in total. The Bertz CT molecular complexity index is 234. The predicted octanol–water partition coefficient (Wildman–Crippen LogP) is 2.11. The van der Waals surface area contributed by atoms with Crippen LogP contribution in [0.4, 0.5) is 0 Å². The molecule has 3 heteroatoms. The van der Waals surface area contributed by atoms with Crippen molar-refractivity contribution in [3.8, 4) is 0 Å². The molecule has 1 atom stereocenters. The van der Waals surface area contributed by atoms with E-state index in [2.05, 4.69) is 5.32 Å². The number of amides is 1. The largest absolute Gasteiger partial charge is 0.368 e. The van der Waals surface area contributed by atoms with Gasteiger partial charge in [-0.25, -0.2) is 0 Å². The van der Waals surface area contributed by atoms with Crippen LogP contribution in [0.25, 0.3) is 0 Å². The molecule has 0 aliphatic heterocycles. The number of carbonyl (C=O) groups excluding carboxylic acids is 1. The molecule has 92 valence electrons. The topological polar surface area (TPSA) is 38.3 Å². The molecule has 0 spiro atoms. The van der Waals surface area contributed by atoms with Gasteiger partial charge in [0.05, 0.1) is 6.61 Å². The van der Waals surface area contributed by atoms with Crippen LogP contribution in [0.2, 0.25) is 0 Å². The van der Waals surface area contributed by atoms with Crippen LogP contribution >= 0.6 is 0 Å². The lowest BCUT2D eigenvalue weighted by Gasteiger charge is -2.29. The monoisotopic (exact) mass is 225 g/mol. The van der Waals surface area contributed by atoms with Gasteiger partial charge in [-0.3, -0.25) is 4.79 Å². The normalized spacial score (nSPS) is 22.6. The first-order valence-electron chi connectivity index (χ1n) is 6.69. The van der Waals surface area contributed by atoms with Gasteiger partial charge in [0.15, 0.2) is 0 Å². The van der Waals surface area contributed by atoms with Crippen LogP contribution in [0.15, 0.2) is 0 Å². The molecule has 1 unspecified atom stereocenters. The van der Waals surface area contributed by atoms with Crippen molar-refractivity contribution in [2.45, 2.75) is 51.6 Å². The van der Waals surface area contributed by atoms with Crippen LogP contribution in [0.1, 0.15) is 45.4 Å². The van der Waals surface area contributed by atoms with Crippen molar-refractivity contribution >= 4 is 5.91 Å². The Morgan fingerprint density at radius 2 is 2.06 bits per heavy atom. The van der Waals surface area contributed by atoms with Crippen LogP contribution in [0, 0.1) is 11.8 Å². The van der Waals surface area contributed by atoms with Crippen molar-refractivity contribution in [3.05, 3.63) is 0 Å². The van der Waals surface area contributed by atoms with E-state index in [0.717, 1.165) is 24.9 Å². The molecule has 0 bridgehead atoms. The molecule has 1 amide bonds. The van der Waals surface area contributed by atoms with E-state index < -0.39 is 0 Å². The summed E-state index contributed by atoms with van der Waals surface area (Å²) in [5.41, 5.74) is 0. The summed E-state index contributed by atoms with van der Waals surface area (Å²) in [6.07, 6.45) is 7.20. The number of likely N-dealkylation sites (N-methyl/N-ethyl adjacent to an activating group) is 1. The third-order valence-corrected chi connectivity index (χ3v) is 3.65. The predicted molar refractivity (Wildman–Crippen MR) is 63.1 cm³/mol. The summed E-state index contributed by atoms with van der Waals surface area (Å²) >= 11 is 0. The SMILES string of the molecule is CCNC(=O)C(CC1CCC1)OCC1CC1. The Hall–Kier alpha value is -0.570. The molecule has 0 aromatic rings.